The van der Waals surface area contributed by atoms with Gasteiger partial charge in [0.2, 0.25) is 0 Å². The van der Waals surface area contributed by atoms with Crippen LogP contribution in [0.4, 0.5) is 11.4 Å². The van der Waals surface area contributed by atoms with Crippen molar-refractivity contribution in [1.82, 2.24) is 10.6 Å². The average molecular weight is 435 g/mol. The molecule has 0 radical (unpaired) electrons. The van der Waals surface area contributed by atoms with Gasteiger partial charge >= 0.3 is 5.97 Å². The Hall–Kier alpha value is -2.98. The first-order chi connectivity index (χ1) is 14.3. The van der Waals surface area contributed by atoms with E-state index in [0.717, 1.165) is 0 Å². The van der Waals surface area contributed by atoms with E-state index < -0.39 is 16.9 Å². The van der Waals surface area contributed by atoms with Gasteiger partial charge < -0.3 is 25.4 Å². The van der Waals surface area contributed by atoms with E-state index in [4.69, 9.17) is 17.0 Å². The molecule has 0 bridgehead atoms. The minimum atomic E-state index is -0.642. The van der Waals surface area contributed by atoms with Crippen molar-refractivity contribution in [3.63, 3.8) is 0 Å². The lowest BCUT2D eigenvalue weighted by atomic mass is 10.0. The second kappa shape index (κ2) is 10.7. The third-order valence-electron chi connectivity index (χ3n) is 4.69. The Balaban J connectivity index is 2.09. The molecular formula is C20H26N4O5S. The number of nitro groups is 1. The van der Waals surface area contributed by atoms with E-state index in [0.29, 0.717) is 41.6 Å². The molecule has 1 unspecified atom stereocenters. The minimum absolute atomic E-state index is 0.00406. The van der Waals surface area contributed by atoms with E-state index in [1.165, 1.54) is 6.07 Å². The third kappa shape index (κ3) is 5.55. The first-order valence-electron chi connectivity index (χ1n) is 9.51. The normalized spacial score (nSPS) is 15.8. The molecule has 1 atom stereocenters. The zero-order chi connectivity index (χ0) is 22.3. The minimum Gasteiger partial charge on any atom is -0.462 e. The van der Waals surface area contributed by atoms with Gasteiger partial charge in [-0.05, 0) is 37.7 Å². The number of ether oxygens (including phenoxy) is 1. The number of aliphatic hydroxyl groups excluding tert-OH is 1. The first-order valence-corrected chi connectivity index (χ1v) is 9.92. The second-order valence-electron chi connectivity index (χ2n) is 6.67. The second-order valence-corrected chi connectivity index (χ2v) is 7.07. The number of carbonyl (C=O) groups is 1. The van der Waals surface area contributed by atoms with Gasteiger partial charge in [0.1, 0.15) is 5.69 Å². The number of carbonyl (C=O) groups excluding carboxylic acids is 1. The number of nitrogens with one attached hydrogen (secondary N) is 2. The molecule has 0 saturated carbocycles. The standard InChI is InChI=1S/C20H26N4O5S/c1-4-9-23(5-2)16-7-6-14(11-17(16)24(27)28)8-10-29-19(26)18-13(3)21-20(30)22-15(18)12-25/h4,6-7,11,15,25H,1,5,8-10,12H2,2-3H3,(H2,21,22,30). The number of rotatable bonds is 10. The van der Waals surface area contributed by atoms with Crippen molar-refractivity contribution in [3.05, 3.63) is 57.8 Å². The van der Waals surface area contributed by atoms with E-state index >= 15 is 0 Å². The van der Waals surface area contributed by atoms with Crippen molar-refractivity contribution in [2.45, 2.75) is 26.3 Å². The van der Waals surface area contributed by atoms with Gasteiger partial charge in [0.05, 0.1) is 29.8 Å². The van der Waals surface area contributed by atoms with Crippen LogP contribution in [-0.4, -0.2) is 53.5 Å². The molecule has 0 saturated heterocycles. The topological polar surface area (TPSA) is 117 Å². The molecule has 1 heterocycles. The van der Waals surface area contributed by atoms with E-state index in [2.05, 4.69) is 17.2 Å². The van der Waals surface area contributed by atoms with E-state index in [9.17, 15) is 20.0 Å². The van der Waals surface area contributed by atoms with Gasteiger partial charge in [-0.3, -0.25) is 10.1 Å². The van der Waals surface area contributed by atoms with Crippen molar-refractivity contribution in [1.29, 1.82) is 0 Å². The number of aliphatic hydroxyl groups is 1. The fourth-order valence-corrected chi connectivity index (χ4v) is 3.52. The van der Waals surface area contributed by atoms with Crippen molar-refractivity contribution >= 4 is 34.7 Å². The van der Waals surface area contributed by atoms with Crippen LogP contribution in [0.2, 0.25) is 0 Å². The summed E-state index contributed by atoms with van der Waals surface area (Å²) in [7, 11) is 0. The molecular weight excluding hydrogens is 408 g/mol. The Morgan fingerprint density at radius 2 is 2.23 bits per heavy atom. The predicted octanol–water partition coefficient (Wildman–Crippen LogP) is 1.81. The molecule has 0 aliphatic carbocycles. The van der Waals surface area contributed by atoms with Crippen LogP contribution in [0.15, 0.2) is 42.1 Å². The molecule has 3 N–H and O–H groups in total. The Kier molecular flexibility index (Phi) is 8.31. The summed E-state index contributed by atoms with van der Waals surface area (Å²) in [6, 6.07) is 4.34. The number of benzene rings is 1. The van der Waals surface area contributed by atoms with Crippen LogP contribution in [-0.2, 0) is 16.0 Å². The highest BCUT2D eigenvalue weighted by Gasteiger charge is 2.29. The summed E-state index contributed by atoms with van der Waals surface area (Å²) in [5, 5.41) is 27.0. The molecule has 0 amide bonds. The highest BCUT2D eigenvalue weighted by atomic mass is 32.1. The van der Waals surface area contributed by atoms with Gasteiger partial charge in [0, 0.05) is 31.3 Å². The highest BCUT2D eigenvalue weighted by Crippen LogP contribution is 2.29. The van der Waals surface area contributed by atoms with E-state index in [1.54, 1.807) is 25.1 Å². The molecule has 1 aliphatic heterocycles. The summed E-state index contributed by atoms with van der Waals surface area (Å²) >= 11 is 5.02. The van der Waals surface area contributed by atoms with Crippen molar-refractivity contribution in [3.8, 4) is 0 Å². The van der Waals surface area contributed by atoms with Gasteiger partial charge in [-0.1, -0.05) is 12.1 Å². The fourth-order valence-electron chi connectivity index (χ4n) is 3.23. The van der Waals surface area contributed by atoms with Crippen molar-refractivity contribution < 1.29 is 19.6 Å². The van der Waals surface area contributed by atoms with Crippen LogP contribution < -0.4 is 15.5 Å². The number of likely N-dealkylation sites (N-methyl/N-ethyl adjacent to an activating group) is 1. The van der Waals surface area contributed by atoms with Crippen LogP contribution in [0, 0.1) is 10.1 Å². The molecule has 0 aromatic heterocycles. The molecule has 162 valence electrons. The van der Waals surface area contributed by atoms with Crippen LogP contribution in [0.25, 0.3) is 0 Å². The number of allylic oxidation sites excluding steroid dienone is 1. The van der Waals surface area contributed by atoms with Gasteiger partial charge in [-0.15, -0.1) is 6.58 Å². The maximum absolute atomic E-state index is 12.5. The number of hydrogen-bond acceptors (Lipinski definition) is 7. The lowest BCUT2D eigenvalue weighted by Crippen LogP contribution is -2.51. The molecule has 0 spiro atoms. The van der Waals surface area contributed by atoms with E-state index in [-0.39, 0.29) is 24.5 Å². The lowest BCUT2D eigenvalue weighted by Gasteiger charge is -2.28. The number of nitro benzene ring substituents is 1. The van der Waals surface area contributed by atoms with Crippen LogP contribution in [0.3, 0.4) is 0 Å². The maximum Gasteiger partial charge on any atom is 0.337 e. The highest BCUT2D eigenvalue weighted by molar-refractivity contribution is 7.80. The summed E-state index contributed by atoms with van der Waals surface area (Å²) in [4.78, 5) is 25.4. The summed E-state index contributed by atoms with van der Waals surface area (Å²) in [6.45, 7) is 8.12. The van der Waals surface area contributed by atoms with Crippen molar-refractivity contribution in [2.75, 3.05) is 31.2 Å². The zero-order valence-corrected chi connectivity index (χ0v) is 17.8. The summed E-state index contributed by atoms with van der Waals surface area (Å²) < 4.78 is 5.34. The first kappa shape index (κ1) is 23.3. The zero-order valence-electron chi connectivity index (χ0n) is 17.0. The van der Waals surface area contributed by atoms with Gasteiger partial charge in [-0.2, -0.15) is 0 Å². The maximum atomic E-state index is 12.5. The third-order valence-corrected chi connectivity index (χ3v) is 4.91. The predicted molar refractivity (Wildman–Crippen MR) is 118 cm³/mol. The fraction of sp³-hybridized carbons (Fsp3) is 0.400. The molecule has 10 heteroatoms. The van der Waals surface area contributed by atoms with Crippen molar-refractivity contribution in [2.24, 2.45) is 0 Å². The monoisotopic (exact) mass is 434 g/mol. The number of esters is 1. The van der Waals surface area contributed by atoms with Crippen LogP contribution in [0.5, 0.6) is 0 Å². The molecule has 2 rings (SSSR count). The van der Waals surface area contributed by atoms with Crippen LogP contribution >= 0.6 is 12.2 Å². The lowest BCUT2D eigenvalue weighted by molar-refractivity contribution is -0.384. The molecule has 1 aliphatic rings. The number of thiocarbonyl (C=S) groups is 1. The molecule has 30 heavy (non-hydrogen) atoms. The SMILES string of the molecule is C=CCN(CC)c1ccc(CCOC(=O)C2=C(C)NC(=S)NC2CO)cc1[N+](=O)[O-]. The Bertz CT molecular complexity index is 871. The number of nitrogens with zero attached hydrogens (tertiary/aromatic N) is 2. The molecule has 0 fully saturated rings. The van der Waals surface area contributed by atoms with Gasteiger partial charge in [-0.25, -0.2) is 4.79 Å². The largest absolute Gasteiger partial charge is 0.462 e. The number of anilines is 1. The Morgan fingerprint density at radius 1 is 1.50 bits per heavy atom. The van der Waals surface area contributed by atoms with Gasteiger partial charge in [0.15, 0.2) is 5.11 Å². The Morgan fingerprint density at radius 3 is 2.83 bits per heavy atom. The molecule has 1 aromatic carbocycles. The quantitative estimate of drug-likeness (QED) is 0.167. The van der Waals surface area contributed by atoms with E-state index in [1.807, 2.05) is 11.8 Å². The summed E-state index contributed by atoms with van der Waals surface area (Å²) in [6.07, 6.45) is 2.01. The van der Waals surface area contributed by atoms with Gasteiger partial charge in [0.25, 0.3) is 5.69 Å². The smallest absolute Gasteiger partial charge is 0.337 e. The average Bonchev–Trinajstić information content (AvgIpc) is 2.71. The Labute approximate surface area is 180 Å². The summed E-state index contributed by atoms with van der Waals surface area (Å²) in [5.74, 6) is -0.580. The number of hydrogen-bond donors (Lipinski definition) is 3. The molecule has 1 aromatic rings. The summed E-state index contributed by atoms with van der Waals surface area (Å²) in [5.41, 5.74) is 1.99. The molecule has 9 nitrogen and oxygen atoms in total. The van der Waals surface area contributed by atoms with Crippen LogP contribution in [0.1, 0.15) is 19.4 Å².